The third kappa shape index (κ3) is 3.05. The van der Waals surface area contributed by atoms with E-state index in [1.54, 1.807) is 0 Å². The summed E-state index contributed by atoms with van der Waals surface area (Å²) < 4.78 is 0. The van der Waals surface area contributed by atoms with Crippen LogP contribution in [0.25, 0.3) is 0 Å². The average Bonchev–Trinajstić information content (AvgIpc) is 2.35. The van der Waals surface area contributed by atoms with E-state index in [0.29, 0.717) is 0 Å². The van der Waals surface area contributed by atoms with Crippen LogP contribution in [0.4, 0.5) is 0 Å². The largest absolute Gasteiger partial charge is 0.321 e. The molecule has 0 bridgehead atoms. The molecular weight excluding hydrogens is 230 g/mol. The van der Waals surface area contributed by atoms with E-state index in [1.807, 2.05) is 0 Å². The Kier molecular flexibility index (Phi) is 3.77. The number of hydrogen-bond donors (Lipinski definition) is 1. The fourth-order valence-electron chi connectivity index (χ4n) is 2.40. The first kappa shape index (κ1) is 13.8. The predicted octanol–water partition coefficient (Wildman–Crippen LogP) is 4.03. The van der Waals surface area contributed by atoms with Gasteiger partial charge in [-0.1, -0.05) is 42.5 Å². The normalized spacial score (nSPS) is 14.2. The molecular formula is C18H23N. The Morgan fingerprint density at radius 3 is 2.21 bits per heavy atom. The molecule has 2 aromatic rings. The molecule has 0 saturated carbocycles. The Balaban J connectivity index is 2.32. The van der Waals surface area contributed by atoms with Gasteiger partial charge in [0.25, 0.3) is 0 Å². The van der Waals surface area contributed by atoms with Gasteiger partial charge in [0.15, 0.2) is 0 Å². The SMILES string of the molecule is Cc1ccc(C(C)(N)Cc2ccccc2C)cc1C. The zero-order valence-corrected chi connectivity index (χ0v) is 12.3. The summed E-state index contributed by atoms with van der Waals surface area (Å²) >= 11 is 0. The molecule has 0 aliphatic heterocycles. The van der Waals surface area contributed by atoms with Gasteiger partial charge in [-0.2, -0.15) is 0 Å². The minimum Gasteiger partial charge on any atom is -0.321 e. The quantitative estimate of drug-likeness (QED) is 0.878. The standard InChI is InChI=1S/C18H23N/c1-13-9-10-17(11-15(13)3)18(4,19)12-16-8-6-5-7-14(16)2/h5-11H,12,19H2,1-4H3. The van der Waals surface area contributed by atoms with E-state index < -0.39 is 0 Å². The molecule has 1 heteroatoms. The summed E-state index contributed by atoms with van der Waals surface area (Å²) in [6.45, 7) is 8.53. The maximum absolute atomic E-state index is 6.56. The number of aryl methyl sites for hydroxylation is 3. The Morgan fingerprint density at radius 2 is 1.58 bits per heavy atom. The van der Waals surface area contributed by atoms with Crippen LogP contribution < -0.4 is 5.73 Å². The lowest BCUT2D eigenvalue weighted by atomic mass is 9.84. The molecule has 0 spiro atoms. The van der Waals surface area contributed by atoms with Gasteiger partial charge in [-0.15, -0.1) is 0 Å². The lowest BCUT2D eigenvalue weighted by molar-refractivity contribution is 0.490. The van der Waals surface area contributed by atoms with Crippen LogP contribution in [0.5, 0.6) is 0 Å². The molecule has 0 heterocycles. The Labute approximate surface area is 116 Å². The van der Waals surface area contributed by atoms with Crippen molar-refractivity contribution in [1.82, 2.24) is 0 Å². The van der Waals surface area contributed by atoms with Crippen LogP contribution in [0.2, 0.25) is 0 Å². The number of nitrogens with two attached hydrogens (primary N) is 1. The molecule has 0 amide bonds. The van der Waals surface area contributed by atoms with Crippen molar-refractivity contribution in [3.63, 3.8) is 0 Å². The molecule has 19 heavy (non-hydrogen) atoms. The maximum Gasteiger partial charge on any atom is 0.0422 e. The second kappa shape index (κ2) is 5.18. The summed E-state index contributed by atoms with van der Waals surface area (Å²) in [6, 6.07) is 15.0. The minimum atomic E-state index is -0.329. The molecule has 1 nitrogen and oxygen atoms in total. The van der Waals surface area contributed by atoms with E-state index in [0.717, 1.165) is 6.42 Å². The highest BCUT2D eigenvalue weighted by molar-refractivity contribution is 5.36. The lowest BCUT2D eigenvalue weighted by Crippen LogP contribution is -2.35. The van der Waals surface area contributed by atoms with Gasteiger partial charge in [-0.25, -0.2) is 0 Å². The summed E-state index contributed by atoms with van der Waals surface area (Å²) in [4.78, 5) is 0. The van der Waals surface area contributed by atoms with Gasteiger partial charge in [-0.05, 0) is 61.9 Å². The van der Waals surface area contributed by atoms with E-state index in [-0.39, 0.29) is 5.54 Å². The zero-order chi connectivity index (χ0) is 14.0. The third-order valence-electron chi connectivity index (χ3n) is 3.99. The van der Waals surface area contributed by atoms with Gasteiger partial charge in [0, 0.05) is 5.54 Å². The van der Waals surface area contributed by atoms with Crippen molar-refractivity contribution in [2.45, 2.75) is 39.7 Å². The first-order valence-electron chi connectivity index (χ1n) is 6.81. The van der Waals surface area contributed by atoms with Crippen LogP contribution in [0.15, 0.2) is 42.5 Å². The van der Waals surface area contributed by atoms with Crippen LogP contribution >= 0.6 is 0 Å². The number of hydrogen-bond acceptors (Lipinski definition) is 1. The first-order valence-corrected chi connectivity index (χ1v) is 6.81. The maximum atomic E-state index is 6.56. The molecule has 1 unspecified atom stereocenters. The van der Waals surface area contributed by atoms with Crippen molar-refractivity contribution in [3.05, 3.63) is 70.3 Å². The van der Waals surface area contributed by atoms with Crippen LogP contribution in [0, 0.1) is 20.8 Å². The minimum absolute atomic E-state index is 0.329. The van der Waals surface area contributed by atoms with Gasteiger partial charge in [-0.3, -0.25) is 0 Å². The second-order valence-corrected chi connectivity index (χ2v) is 5.82. The molecule has 100 valence electrons. The summed E-state index contributed by atoms with van der Waals surface area (Å²) in [5, 5.41) is 0. The highest BCUT2D eigenvalue weighted by Crippen LogP contribution is 2.25. The molecule has 2 rings (SSSR count). The van der Waals surface area contributed by atoms with E-state index >= 15 is 0 Å². The van der Waals surface area contributed by atoms with Gasteiger partial charge < -0.3 is 5.73 Å². The van der Waals surface area contributed by atoms with Crippen molar-refractivity contribution in [2.24, 2.45) is 5.73 Å². The second-order valence-electron chi connectivity index (χ2n) is 5.82. The summed E-state index contributed by atoms with van der Waals surface area (Å²) in [7, 11) is 0. The monoisotopic (exact) mass is 253 g/mol. The lowest BCUT2D eigenvalue weighted by Gasteiger charge is -2.27. The van der Waals surface area contributed by atoms with Gasteiger partial charge >= 0.3 is 0 Å². The average molecular weight is 253 g/mol. The molecule has 1 atom stereocenters. The van der Waals surface area contributed by atoms with Crippen molar-refractivity contribution >= 4 is 0 Å². The Hall–Kier alpha value is -1.60. The van der Waals surface area contributed by atoms with Gasteiger partial charge in [0.05, 0.1) is 0 Å². The third-order valence-corrected chi connectivity index (χ3v) is 3.99. The first-order chi connectivity index (χ1) is 8.90. The van der Waals surface area contributed by atoms with Gasteiger partial charge in [0.1, 0.15) is 0 Å². The smallest absolute Gasteiger partial charge is 0.0422 e. The molecule has 2 N–H and O–H groups in total. The van der Waals surface area contributed by atoms with Crippen molar-refractivity contribution in [1.29, 1.82) is 0 Å². The number of rotatable bonds is 3. The fraction of sp³-hybridized carbons (Fsp3) is 0.333. The van der Waals surface area contributed by atoms with E-state index in [4.69, 9.17) is 5.73 Å². The van der Waals surface area contributed by atoms with Crippen molar-refractivity contribution in [2.75, 3.05) is 0 Å². The number of benzene rings is 2. The summed E-state index contributed by atoms with van der Waals surface area (Å²) in [5.41, 5.74) is 12.7. The molecule has 0 fully saturated rings. The molecule has 0 saturated heterocycles. The molecule has 0 aromatic heterocycles. The Bertz CT molecular complexity index is 582. The van der Waals surface area contributed by atoms with E-state index in [9.17, 15) is 0 Å². The van der Waals surface area contributed by atoms with Crippen molar-refractivity contribution in [3.8, 4) is 0 Å². The molecule has 0 aliphatic carbocycles. The summed E-state index contributed by atoms with van der Waals surface area (Å²) in [5.74, 6) is 0. The molecule has 0 radical (unpaired) electrons. The van der Waals surface area contributed by atoms with E-state index in [2.05, 4.69) is 70.2 Å². The predicted molar refractivity (Wildman–Crippen MR) is 82.3 cm³/mol. The van der Waals surface area contributed by atoms with Crippen molar-refractivity contribution < 1.29 is 0 Å². The van der Waals surface area contributed by atoms with Crippen LogP contribution in [0.3, 0.4) is 0 Å². The van der Waals surface area contributed by atoms with Gasteiger partial charge in [0.2, 0.25) is 0 Å². The van der Waals surface area contributed by atoms with Crippen LogP contribution in [-0.4, -0.2) is 0 Å². The van der Waals surface area contributed by atoms with E-state index in [1.165, 1.54) is 27.8 Å². The van der Waals surface area contributed by atoms with Crippen LogP contribution in [0.1, 0.15) is 34.7 Å². The van der Waals surface area contributed by atoms with Crippen LogP contribution in [-0.2, 0) is 12.0 Å². The highest BCUT2D eigenvalue weighted by atomic mass is 14.7. The Morgan fingerprint density at radius 1 is 0.895 bits per heavy atom. The highest BCUT2D eigenvalue weighted by Gasteiger charge is 2.22. The fourth-order valence-corrected chi connectivity index (χ4v) is 2.40. The summed E-state index contributed by atoms with van der Waals surface area (Å²) in [6.07, 6.45) is 0.863. The molecule has 0 aliphatic rings. The zero-order valence-electron chi connectivity index (χ0n) is 12.3. The molecule has 2 aromatic carbocycles. The topological polar surface area (TPSA) is 26.0 Å².